The zero-order valence-electron chi connectivity index (χ0n) is 11.0. The lowest BCUT2D eigenvalue weighted by molar-refractivity contribution is 0.0353. The molecular weight excluding hydrogens is 301 g/mol. The van der Waals surface area contributed by atoms with Gasteiger partial charge in [-0.3, -0.25) is 0 Å². The zero-order valence-corrected chi connectivity index (χ0v) is 12.7. The molecule has 20 heavy (non-hydrogen) atoms. The third kappa shape index (κ3) is 3.55. The lowest BCUT2D eigenvalue weighted by atomic mass is 10.2. The number of fused-ring (bicyclic) bond motifs is 1. The minimum absolute atomic E-state index is 0. The summed E-state index contributed by atoms with van der Waals surface area (Å²) in [6.07, 6.45) is 1.05. The van der Waals surface area contributed by atoms with E-state index in [9.17, 15) is 0 Å². The van der Waals surface area contributed by atoms with Crippen molar-refractivity contribution in [3.63, 3.8) is 0 Å². The first-order chi connectivity index (χ1) is 8.86. The van der Waals surface area contributed by atoms with Crippen molar-refractivity contribution in [1.82, 2.24) is 4.98 Å². The molecule has 3 rings (SSSR count). The van der Waals surface area contributed by atoms with Crippen LogP contribution in [0.5, 0.6) is 0 Å². The fraction of sp³-hybridized carbons (Fsp3) is 0.462. The molecule has 0 amide bonds. The molecule has 7 heteroatoms. The number of ether oxygens (including phenoxy) is 1. The molecule has 1 atom stereocenters. The number of morpholine rings is 1. The van der Waals surface area contributed by atoms with E-state index in [-0.39, 0.29) is 30.9 Å². The summed E-state index contributed by atoms with van der Waals surface area (Å²) in [5, 5.41) is 0. The van der Waals surface area contributed by atoms with Crippen LogP contribution in [0.15, 0.2) is 28.7 Å². The van der Waals surface area contributed by atoms with Gasteiger partial charge in [0.05, 0.1) is 12.7 Å². The van der Waals surface area contributed by atoms with Crippen molar-refractivity contribution in [2.75, 3.05) is 31.1 Å². The van der Waals surface area contributed by atoms with Gasteiger partial charge in [0.25, 0.3) is 6.01 Å². The molecule has 0 saturated carbocycles. The van der Waals surface area contributed by atoms with E-state index in [4.69, 9.17) is 14.9 Å². The summed E-state index contributed by atoms with van der Waals surface area (Å²) in [4.78, 5) is 6.63. The summed E-state index contributed by atoms with van der Waals surface area (Å²) < 4.78 is 11.4. The van der Waals surface area contributed by atoms with Gasteiger partial charge in [0, 0.05) is 13.1 Å². The maximum atomic E-state index is 5.76. The molecule has 1 fully saturated rings. The van der Waals surface area contributed by atoms with Crippen LogP contribution in [-0.2, 0) is 4.74 Å². The van der Waals surface area contributed by atoms with Gasteiger partial charge in [-0.25, -0.2) is 0 Å². The summed E-state index contributed by atoms with van der Waals surface area (Å²) in [6, 6.07) is 8.49. The number of anilines is 1. The Morgan fingerprint density at radius 1 is 1.30 bits per heavy atom. The van der Waals surface area contributed by atoms with Crippen LogP contribution in [0.4, 0.5) is 6.01 Å². The Balaban J connectivity index is 0.000001000. The van der Waals surface area contributed by atoms with Crippen LogP contribution in [0.3, 0.4) is 0 Å². The van der Waals surface area contributed by atoms with E-state index in [0.717, 1.165) is 30.6 Å². The van der Waals surface area contributed by atoms with Crippen molar-refractivity contribution >= 4 is 41.9 Å². The first-order valence-electron chi connectivity index (χ1n) is 6.29. The number of oxazole rings is 1. The number of rotatable bonds is 3. The lowest BCUT2D eigenvalue weighted by Crippen LogP contribution is -2.43. The van der Waals surface area contributed by atoms with Crippen LogP contribution >= 0.6 is 24.8 Å². The van der Waals surface area contributed by atoms with Crippen LogP contribution in [0, 0.1) is 0 Å². The van der Waals surface area contributed by atoms with Crippen LogP contribution in [-0.4, -0.2) is 37.3 Å². The van der Waals surface area contributed by atoms with Crippen molar-refractivity contribution < 1.29 is 9.15 Å². The Kier molecular flexibility index (Phi) is 6.55. The highest BCUT2D eigenvalue weighted by molar-refractivity contribution is 5.85. The molecule has 0 radical (unpaired) electrons. The molecule has 0 bridgehead atoms. The maximum Gasteiger partial charge on any atom is 0.298 e. The number of nitrogens with two attached hydrogens (primary N) is 1. The molecule has 112 valence electrons. The number of hydrogen-bond donors (Lipinski definition) is 1. The maximum absolute atomic E-state index is 5.76. The van der Waals surface area contributed by atoms with Gasteiger partial charge in [0.15, 0.2) is 5.58 Å². The van der Waals surface area contributed by atoms with Crippen molar-refractivity contribution in [2.24, 2.45) is 5.73 Å². The first kappa shape index (κ1) is 17.0. The highest BCUT2D eigenvalue weighted by atomic mass is 35.5. The van der Waals surface area contributed by atoms with E-state index in [0.29, 0.717) is 19.2 Å². The predicted molar refractivity (Wildman–Crippen MR) is 84.1 cm³/mol. The van der Waals surface area contributed by atoms with E-state index >= 15 is 0 Å². The third-order valence-corrected chi connectivity index (χ3v) is 3.18. The number of nitrogens with zero attached hydrogens (tertiary/aromatic N) is 2. The van der Waals surface area contributed by atoms with Gasteiger partial charge in [-0.2, -0.15) is 4.98 Å². The molecule has 0 spiro atoms. The second kappa shape index (κ2) is 7.69. The molecule has 1 saturated heterocycles. The van der Waals surface area contributed by atoms with E-state index < -0.39 is 0 Å². The number of benzene rings is 1. The summed E-state index contributed by atoms with van der Waals surface area (Å²) in [5.41, 5.74) is 7.29. The second-order valence-corrected chi connectivity index (χ2v) is 4.48. The fourth-order valence-electron chi connectivity index (χ4n) is 2.25. The third-order valence-electron chi connectivity index (χ3n) is 3.18. The van der Waals surface area contributed by atoms with Crippen molar-refractivity contribution in [2.45, 2.75) is 12.5 Å². The number of aromatic nitrogens is 1. The van der Waals surface area contributed by atoms with Crippen molar-refractivity contribution in [3.05, 3.63) is 24.3 Å². The minimum atomic E-state index is 0. The molecule has 1 aromatic heterocycles. The molecule has 5 nitrogen and oxygen atoms in total. The predicted octanol–water partition coefficient (Wildman–Crippen LogP) is 2.23. The van der Waals surface area contributed by atoms with Gasteiger partial charge in [0.1, 0.15) is 5.52 Å². The van der Waals surface area contributed by atoms with E-state index in [2.05, 4.69) is 9.88 Å². The largest absolute Gasteiger partial charge is 0.423 e. The molecular formula is C13H19Cl2N3O2. The van der Waals surface area contributed by atoms with Gasteiger partial charge in [-0.15, -0.1) is 24.8 Å². The Hall–Kier alpha value is -1.01. The summed E-state index contributed by atoms with van der Waals surface area (Å²) in [7, 11) is 0. The standard InChI is InChI=1S/C13H17N3O2.2ClH/c14-6-5-10-9-16(7-8-17-10)13-15-11-3-1-2-4-12(11)18-13;;/h1-4,10H,5-9,14H2;2*1H. The van der Waals surface area contributed by atoms with E-state index in [1.165, 1.54) is 0 Å². The quantitative estimate of drug-likeness (QED) is 0.939. The molecule has 1 aliphatic rings. The highest BCUT2D eigenvalue weighted by Gasteiger charge is 2.23. The van der Waals surface area contributed by atoms with Crippen molar-refractivity contribution in [1.29, 1.82) is 0 Å². The van der Waals surface area contributed by atoms with E-state index in [1.54, 1.807) is 0 Å². The number of hydrogen-bond acceptors (Lipinski definition) is 5. The highest BCUT2D eigenvalue weighted by Crippen LogP contribution is 2.23. The first-order valence-corrected chi connectivity index (χ1v) is 6.29. The van der Waals surface area contributed by atoms with Gasteiger partial charge >= 0.3 is 0 Å². The van der Waals surface area contributed by atoms with Gasteiger partial charge in [-0.05, 0) is 25.1 Å². The summed E-state index contributed by atoms with van der Waals surface area (Å²) in [6.45, 7) is 2.95. The van der Waals surface area contributed by atoms with Crippen LogP contribution in [0.1, 0.15) is 6.42 Å². The zero-order chi connectivity index (χ0) is 12.4. The Labute approximate surface area is 130 Å². The number of halogens is 2. The number of para-hydroxylation sites is 2. The molecule has 2 N–H and O–H groups in total. The Bertz CT molecular complexity index is 500. The lowest BCUT2D eigenvalue weighted by Gasteiger charge is -2.31. The monoisotopic (exact) mass is 319 g/mol. The summed E-state index contributed by atoms with van der Waals surface area (Å²) in [5.74, 6) is 0. The smallest absolute Gasteiger partial charge is 0.298 e. The van der Waals surface area contributed by atoms with Gasteiger partial charge in [-0.1, -0.05) is 12.1 Å². The average molecular weight is 320 g/mol. The average Bonchev–Trinajstić information content (AvgIpc) is 2.83. The molecule has 1 unspecified atom stereocenters. The Morgan fingerprint density at radius 2 is 2.10 bits per heavy atom. The molecule has 0 aliphatic carbocycles. The van der Waals surface area contributed by atoms with Crippen LogP contribution < -0.4 is 10.6 Å². The Morgan fingerprint density at radius 3 is 2.85 bits per heavy atom. The molecule has 1 aliphatic heterocycles. The van der Waals surface area contributed by atoms with Crippen molar-refractivity contribution in [3.8, 4) is 0 Å². The molecule has 2 heterocycles. The molecule has 2 aromatic rings. The van der Waals surface area contributed by atoms with E-state index in [1.807, 2.05) is 24.3 Å². The fourth-order valence-corrected chi connectivity index (χ4v) is 2.25. The van der Waals surface area contributed by atoms with Crippen LogP contribution in [0.25, 0.3) is 11.1 Å². The molecule has 1 aromatic carbocycles. The SMILES string of the molecule is Cl.Cl.NCCC1CN(c2nc3ccccc3o2)CCO1. The normalized spacial score (nSPS) is 18.4. The summed E-state index contributed by atoms with van der Waals surface area (Å²) >= 11 is 0. The topological polar surface area (TPSA) is 64.5 Å². The minimum Gasteiger partial charge on any atom is -0.423 e. The van der Waals surface area contributed by atoms with Gasteiger partial charge < -0.3 is 19.8 Å². The van der Waals surface area contributed by atoms with Gasteiger partial charge in [0.2, 0.25) is 0 Å². The van der Waals surface area contributed by atoms with Crippen LogP contribution in [0.2, 0.25) is 0 Å². The second-order valence-electron chi connectivity index (χ2n) is 4.48.